The highest BCUT2D eigenvalue weighted by Gasteiger charge is 2.60. The number of pyridine rings is 1. The maximum atomic E-state index is 13.8. The van der Waals surface area contributed by atoms with Crippen molar-refractivity contribution in [2.24, 2.45) is 11.8 Å². The van der Waals surface area contributed by atoms with E-state index in [4.69, 9.17) is 11.6 Å². The number of amides is 1. The number of aliphatic hydroxyl groups excluding tert-OH is 2. The van der Waals surface area contributed by atoms with Crippen LogP contribution in [0.25, 0.3) is 0 Å². The maximum absolute atomic E-state index is 13.8. The number of anilines is 1. The standard InChI is InChI=1S/C29H29ClF2N2O6S/c1-15-2-9-24(33-14-15)26(35)27(36)29(38)17-4-5-18(29)12-20(11-17)41(39,40)25-10-16(3-7-21(25)30)28(37)34-19-6-8-22(31)23(32)13-19/h2-3,6-10,13-14,17-18,20,26-27,35-36,38H,4-5,11-12H2,1H3,(H,34,37)/t17?,18?,20-,26?,27?,29-. The summed E-state index contributed by atoms with van der Waals surface area (Å²) in [7, 11) is -4.10. The minimum Gasteiger partial charge on any atom is -0.387 e. The molecule has 0 spiro atoms. The van der Waals surface area contributed by atoms with Gasteiger partial charge >= 0.3 is 0 Å². The zero-order valence-corrected chi connectivity index (χ0v) is 23.5. The number of nitrogens with zero attached hydrogens (tertiary/aromatic N) is 1. The second kappa shape index (κ2) is 11.0. The molecule has 41 heavy (non-hydrogen) atoms. The molecule has 218 valence electrons. The first kappa shape index (κ1) is 29.5. The Morgan fingerprint density at radius 2 is 1.73 bits per heavy atom. The lowest BCUT2D eigenvalue weighted by Gasteiger charge is -2.46. The first-order chi connectivity index (χ1) is 19.3. The number of aliphatic hydroxyl groups is 3. The van der Waals surface area contributed by atoms with Gasteiger partial charge in [-0.05, 0) is 86.4 Å². The van der Waals surface area contributed by atoms with Gasteiger partial charge in [-0.15, -0.1) is 0 Å². The van der Waals surface area contributed by atoms with Gasteiger partial charge in [0.05, 0.1) is 26.5 Å². The van der Waals surface area contributed by atoms with Gasteiger partial charge in [0.25, 0.3) is 5.91 Å². The van der Waals surface area contributed by atoms with Gasteiger partial charge in [-0.1, -0.05) is 17.7 Å². The molecule has 2 saturated carbocycles. The number of carbonyl (C=O) groups is 1. The van der Waals surface area contributed by atoms with E-state index in [1.54, 1.807) is 18.3 Å². The predicted molar refractivity (Wildman–Crippen MR) is 147 cm³/mol. The van der Waals surface area contributed by atoms with Crippen LogP contribution < -0.4 is 5.32 Å². The Balaban J connectivity index is 1.36. The van der Waals surface area contributed by atoms with Crippen LogP contribution in [0, 0.1) is 30.4 Å². The molecule has 2 bridgehead atoms. The van der Waals surface area contributed by atoms with Crippen molar-refractivity contribution in [2.45, 2.75) is 60.6 Å². The van der Waals surface area contributed by atoms with Crippen molar-refractivity contribution in [3.8, 4) is 0 Å². The first-order valence-corrected chi connectivity index (χ1v) is 15.1. The molecule has 1 amide bonds. The van der Waals surface area contributed by atoms with Crippen LogP contribution in [0.4, 0.5) is 14.5 Å². The summed E-state index contributed by atoms with van der Waals surface area (Å²) >= 11 is 6.29. The fraction of sp³-hybridized carbons (Fsp3) is 0.379. The maximum Gasteiger partial charge on any atom is 0.255 e. The monoisotopic (exact) mass is 606 g/mol. The summed E-state index contributed by atoms with van der Waals surface area (Å²) < 4.78 is 54.4. The lowest BCUT2D eigenvalue weighted by Crippen LogP contribution is -2.57. The van der Waals surface area contributed by atoms with Crippen molar-refractivity contribution in [3.63, 3.8) is 0 Å². The summed E-state index contributed by atoms with van der Waals surface area (Å²) in [6.45, 7) is 1.83. The Labute approximate surface area is 240 Å². The lowest BCUT2D eigenvalue weighted by molar-refractivity contribution is -0.178. The molecule has 1 heterocycles. The minimum absolute atomic E-state index is 0.0158. The van der Waals surface area contributed by atoms with Crippen LogP contribution >= 0.6 is 11.6 Å². The van der Waals surface area contributed by atoms with E-state index in [9.17, 15) is 37.3 Å². The number of aromatic nitrogens is 1. The number of fused-ring (bicyclic) bond motifs is 2. The van der Waals surface area contributed by atoms with Crippen LogP contribution in [-0.2, 0) is 9.84 Å². The van der Waals surface area contributed by atoms with Crippen LogP contribution in [0.1, 0.15) is 53.4 Å². The molecule has 12 heteroatoms. The molecule has 2 aromatic carbocycles. The zero-order valence-electron chi connectivity index (χ0n) is 22.0. The molecule has 8 nitrogen and oxygen atoms in total. The highest BCUT2D eigenvalue weighted by molar-refractivity contribution is 7.92. The quantitative estimate of drug-likeness (QED) is 0.314. The van der Waals surface area contributed by atoms with Crippen LogP contribution in [0.3, 0.4) is 0 Å². The fourth-order valence-corrected chi connectivity index (χ4v) is 8.57. The summed E-state index contributed by atoms with van der Waals surface area (Å²) in [5.41, 5.74) is -0.718. The number of halogens is 3. The second-order valence-electron chi connectivity index (χ2n) is 10.9. The number of hydrogen-bond donors (Lipinski definition) is 4. The van der Waals surface area contributed by atoms with Gasteiger partial charge in [0.2, 0.25) is 0 Å². The molecule has 4 unspecified atom stereocenters. The van der Waals surface area contributed by atoms with Gasteiger partial charge in [0.15, 0.2) is 21.5 Å². The normalized spacial score (nSPS) is 25.5. The SMILES string of the molecule is Cc1ccc(C(O)C(O)[C@]2(O)C3CCC2C[C@@H](S(=O)(=O)c2cc(C(=O)Nc4ccc(F)c(F)c4)ccc2Cl)C3)nc1. The molecule has 0 radical (unpaired) electrons. The Kier molecular flexibility index (Phi) is 7.95. The molecular weight excluding hydrogens is 578 g/mol. The van der Waals surface area contributed by atoms with E-state index >= 15 is 0 Å². The molecule has 5 rings (SSSR count). The molecule has 2 fully saturated rings. The Hall–Kier alpha value is -2.96. The van der Waals surface area contributed by atoms with Crippen LogP contribution in [-0.4, -0.2) is 51.6 Å². The zero-order chi connectivity index (χ0) is 29.7. The smallest absolute Gasteiger partial charge is 0.255 e. The molecule has 1 aromatic heterocycles. The van der Waals surface area contributed by atoms with Crippen molar-refractivity contribution >= 4 is 33.0 Å². The Morgan fingerprint density at radius 1 is 1.05 bits per heavy atom. The van der Waals surface area contributed by atoms with E-state index in [0.29, 0.717) is 12.8 Å². The van der Waals surface area contributed by atoms with E-state index in [0.717, 1.165) is 23.8 Å². The van der Waals surface area contributed by atoms with Gasteiger partial charge in [0.1, 0.15) is 12.2 Å². The summed E-state index contributed by atoms with van der Waals surface area (Å²) in [6.07, 6.45) is -0.541. The average molecular weight is 607 g/mol. The molecule has 2 aliphatic rings. The number of sulfone groups is 1. The molecule has 0 saturated heterocycles. The largest absolute Gasteiger partial charge is 0.387 e. The third-order valence-corrected chi connectivity index (χ3v) is 11.0. The summed E-state index contributed by atoms with van der Waals surface area (Å²) in [6, 6.07) is 9.86. The minimum atomic E-state index is -4.10. The number of nitrogens with one attached hydrogen (secondary N) is 1. The van der Waals surface area contributed by atoms with Gasteiger partial charge in [-0.25, -0.2) is 17.2 Å². The molecular formula is C29H29ClF2N2O6S. The molecule has 3 aromatic rings. The van der Waals surface area contributed by atoms with Gasteiger partial charge < -0.3 is 20.6 Å². The molecule has 0 aliphatic heterocycles. The highest BCUT2D eigenvalue weighted by atomic mass is 35.5. The van der Waals surface area contributed by atoms with E-state index in [1.807, 2.05) is 6.92 Å². The number of rotatable bonds is 7. The summed E-state index contributed by atoms with van der Waals surface area (Å²) in [5, 5.41) is 35.0. The van der Waals surface area contributed by atoms with E-state index < -0.39 is 62.3 Å². The number of carbonyl (C=O) groups excluding carboxylic acids is 1. The molecule has 4 N–H and O–H groups in total. The highest BCUT2D eigenvalue weighted by Crippen LogP contribution is 2.55. The van der Waals surface area contributed by atoms with E-state index in [2.05, 4.69) is 10.3 Å². The number of aryl methyl sites for hydroxylation is 1. The topological polar surface area (TPSA) is 137 Å². The van der Waals surface area contributed by atoms with Crippen molar-refractivity contribution in [2.75, 3.05) is 5.32 Å². The van der Waals surface area contributed by atoms with Crippen LogP contribution in [0.2, 0.25) is 5.02 Å². The summed E-state index contributed by atoms with van der Waals surface area (Å²) in [4.78, 5) is 16.7. The van der Waals surface area contributed by atoms with E-state index in [-0.39, 0.29) is 39.7 Å². The molecule has 4 atom stereocenters. The second-order valence-corrected chi connectivity index (χ2v) is 13.5. The van der Waals surface area contributed by atoms with Gasteiger partial charge in [-0.2, -0.15) is 0 Å². The predicted octanol–water partition coefficient (Wildman–Crippen LogP) is 4.36. The third-order valence-electron chi connectivity index (χ3n) is 8.39. The van der Waals surface area contributed by atoms with Crippen molar-refractivity contribution in [1.29, 1.82) is 0 Å². The fourth-order valence-electron chi connectivity index (χ4n) is 6.17. The van der Waals surface area contributed by atoms with Gasteiger partial charge in [0, 0.05) is 23.5 Å². The average Bonchev–Trinajstić information content (AvgIpc) is 3.10. The number of benzene rings is 2. The van der Waals surface area contributed by atoms with Crippen molar-refractivity contribution in [1.82, 2.24) is 4.98 Å². The summed E-state index contributed by atoms with van der Waals surface area (Å²) in [5.74, 6) is -4.21. The van der Waals surface area contributed by atoms with Crippen LogP contribution in [0.15, 0.2) is 59.6 Å². The Morgan fingerprint density at radius 3 is 2.34 bits per heavy atom. The molecule has 2 aliphatic carbocycles. The lowest BCUT2D eigenvalue weighted by atomic mass is 9.69. The van der Waals surface area contributed by atoms with Crippen molar-refractivity contribution in [3.05, 3.63) is 88.2 Å². The third kappa shape index (κ3) is 5.37. The van der Waals surface area contributed by atoms with E-state index in [1.165, 1.54) is 18.2 Å². The first-order valence-electron chi connectivity index (χ1n) is 13.1. The Bertz CT molecular complexity index is 1570. The van der Waals surface area contributed by atoms with Crippen LogP contribution in [0.5, 0.6) is 0 Å². The number of hydrogen-bond acceptors (Lipinski definition) is 7. The van der Waals surface area contributed by atoms with Crippen molar-refractivity contribution < 1.29 is 37.3 Å². The van der Waals surface area contributed by atoms with Gasteiger partial charge in [-0.3, -0.25) is 9.78 Å².